The van der Waals surface area contributed by atoms with Crippen molar-refractivity contribution >= 4 is 5.91 Å². The second-order valence-electron chi connectivity index (χ2n) is 5.47. The van der Waals surface area contributed by atoms with E-state index in [2.05, 4.69) is 15.5 Å². The van der Waals surface area contributed by atoms with E-state index < -0.39 is 6.10 Å². The lowest BCUT2D eigenvalue weighted by Crippen LogP contribution is -2.51. The van der Waals surface area contributed by atoms with Crippen molar-refractivity contribution in [1.29, 1.82) is 0 Å². The van der Waals surface area contributed by atoms with Crippen molar-refractivity contribution in [2.24, 2.45) is 0 Å². The highest BCUT2D eigenvalue weighted by molar-refractivity contribution is 5.82. The SMILES string of the molecule is C[C@@H](O)CNC(=O)C1CCCN1C1CCNCC1. The van der Waals surface area contributed by atoms with Crippen LogP contribution in [0.15, 0.2) is 0 Å². The molecule has 5 nitrogen and oxygen atoms in total. The molecule has 2 aliphatic rings. The minimum atomic E-state index is -0.470. The van der Waals surface area contributed by atoms with Crippen LogP contribution in [-0.4, -0.2) is 60.3 Å². The van der Waals surface area contributed by atoms with Crippen LogP contribution in [0.1, 0.15) is 32.6 Å². The Morgan fingerprint density at radius 3 is 2.83 bits per heavy atom. The third-order valence-corrected chi connectivity index (χ3v) is 3.95. The first kappa shape index (κ1) is 13.8. The molecule has 2 aliphatic heterocycles. The second-order valence-corrected chi connectivity index (χ2v) is 5.47. The molecule has 2 heterocycles. The van der Waals surface area contributed by atoms with Crippen molar-refractivity contribution in [3.8, 4) is 0 Å². The van der Waals surface area contributed by atoms with E-state index in [0.29, 0.717) is 12.6 Å². The first-order valence-corrected chi connectivity index (χ1v) is 7.10. The largest absolute Gasteiger partial charge is 0.392 e. The second kappa shape index (κ2) is 6.50. The van der Waals surface area contributed by atoms with Crippen molar-refractivity contribution < 1.29 is 9.90 Å². The van der Waals surface area contributed by atoms with Crippen molar-refractivity contribution in [1.82, 2.24) is 15.5 Å². The molecule has 0 aromatic carbocycles. The number of hydrogen-bond donors (Lipinski definition) is 3. The van der Waals surface area contributed by atoms with Crippen LogP contribution in [0, 0.1) is 0 Å². The van der Waals surface area contributed by atoms with Gasteiger partial charge in [-0.3, -0.25) is 9.69 Å². The molecule has 1 amide bonds. The van der Waals surface area contributed by atoms with Crippen LogP contribution in [-0.2, 0) is 4.79 Å². The molecule has 2 fully saturated rings. The van der Waals surface area contributed by atoms with Gasteiger partial charge in [0.15, 0.2) is 0 Å². The number of nitrogens with zero attached hydrogens (tertiary/aromatic N) is 1. The van der Waals surface area contributed by atoms with Gasteiger partial charge in [-0.1, -0.05) is 0 Å². The lowest BCUT2D eigenvalue weighted by molar-refractivity contribution is -0.126. The number of nitrogens with one attached hydrogen (secondary N) is 2. The summed E-state index contributed by atoms with van der Waals surface area (Å²) in [5.74, 6) is 0.0898. The Morgan fingerprint density at radius 1 is 1.44 bits per heavy atom. The molecule has 2 rings (SSSR count). The molecule has 18 heavy (non-hydrogen) atoms. The fourth-order valence-electron chi connectivity index (χ4n) is 3.01. The average Bonchev–Trinajstić information content (AvgIpc) is 2.86. The number of carbonyl (C=O) groups is 1. The fraction of sp³-hybridized carbons (Fsp3) is 0.923. The molecule has 0 aliphatic carbocycles. The zero-order valence-electron chi connectivity index (χ0n) is 11.2. The van der Waals surface area contributed by atoms with Crippen molar-refractivity contribution in [3.63, 3.8) is 0 Å². The van der Waals surface area contributed by atoms with Crippen LogP contribution in [0.2, 0.25) is 0 Å². The topological polar surface area (TPSA) is 64.6 Å². The van der Waals surface area contributed by atoms with Gasteiger partial charge in [0.25, 0.3) is 0 Å². The van der Waals surface area contributed by atoms with Gasteiger partial charge in [0.2, 0.25) is 5.91 Å². The van der Waals surface area contributed by atoms with Crippen LogP contribution in [0.5, 0.6) is 0 Å². The number of likely N-dealkylation sites (tertiary alicyclic amines) is 1. The van der Waals surface area contributed by atoms with Crippen LogP contribution in [0.25, 0.3) is 0 Å². The Kier molecular flexibility index (Phi) is 4.97. The minimum Gasteiger partial charge on any atom is -0.392 e. The number of amides is 1. The number of rotatable bonds is 4. The van der Waals surface area contributed by atoms with E-state index in [4.69, 9.17) is 0 Å². The van der Waals surface area contributed by atoms with Crippen molar-refractivity contribution in [2.45, 2.75) is 50.8 Å². The lowest BCUT2D eigenvalue weighted by atomic mass is 10.0. The number of aliphatic hydroxyl groups excluding tert-OH is 1. The predicted molar refractivity (Wildman–Crippen MR) is 70.3 cm³/mol. The highest BCUT2D eigenvalue weighted by atomic mass is 16.3. The molecule has 0 radical (unpaired) electrons. The summed E-state index contributed by atoms with van der Waals surface area (Å²) < 4.78 is 0. The molecule has 0 aromatic heterocycles. The van der Waals surface area contributed by atoms with Gasteiger partial charge in [0.1, 0.15) is 0 Å². The monoisotopic (exact) mass is 255 g/mol. The molecule has 2 saturated heterocycles. The van der Waals surface area contributed by atoms with Crippen LogP contribution in [0.4, 0.5) is 0 Å². The summed E-state index contributed by atoms with van der Waals surface area (Å²) in [4.78, 5) is 14.5. The molecule has 0 saturated carbocycles. The number of carbonyl (C=O) groups excluding carboxylic acids is 1. The lowest BCUT2D eigenvalue weighted by Gasteiger charge is -2.35. The summed E-state index contributed by atoms with van der Waals surface area (Å²) in [7, 11) is 0. The molecule has 1 unspecified atom stereocenters. The van der Waals surface area contributed by atoms with E-state index >= 15 is 0 Å². The zero-order valence-corrected chi connectivity index (χ0v) is 11.2. The van der Waals surface area contributed by atoms with E-state index in [9.17, 15) is 9.90 Å². The molecule has 3 N–H and O–H groups in total. The van der Waals surface area contributed by atoms with Crippen molar-refractivity contribution in [2.75, 3.05) is 26.2 Å². The van der Waals surface area contributed by atoms with Crippen LogP contribution < -0.4 is 10.6 Å². The quantitative estimate of drug-likeness (QED) is 0.645. The molecule has 0 bridgehead atoms. The van der Waals surface area contributed by atoms with Gasteiger partial charge in [0.05, 0.1) is 12.1 Å². The summed E-state index contributed by atoms with van der Waals surface area (Å²) in [6.45, 7) is 5.21. The van der Waals surface area contributed by atoms with Crippen LogP contribution in [0.3, 0.4) is 0 Å². The smallest absolute Gasteiger partial charge is 0.237 e. The molecule has 2 atom stereocenters. The third-order valence-electron chi connectivity index (χ3n) is 3.95. The summed E-state index contributed by atoms with van der Waals surface area (Å²) in [5.41, 5.74) is 0. The van der Waals surface area contributed by atoms with Gasteiger partial charge in [0, 0.05) is 12.6 Å². The molecule has 104 valence electrons. The van der Waals surface area contributed by atoms with Gasteiger partial charge in [-0.25, -0.2) is 0 Å². The van der Waals surface area contributed by atoms with E-state index in [1.807, 2.05) is 0 Å². The minimum absolute atomic E-state index is 0.0202. The number of piperidine rings is 1. The first-order chi connectivity index (χ1) is 8.68. The fourth-order valence-corrected chi connectivity index (χ4v) is 3.01. The average molecular weight is 255 g/mol. The Labute approximate surface area is 109 Å². The summed E-state index contributed by atoms with van der Waals surface area (Å²) in [6, 6.07) is 0.572. The van der Waals surface area contributed by atoms with Crippen LogP contribution >= 0.6 is 0 Å². The molecular weight excluding hydrogens is 230 g/mol. The zero-order chi connectivity index (χ0) is 13.0. The van der Waals surface area contributed by atoms with Gasteiger partial charge in [-0.2, -0.15) is 0 Å². The van der Waals surface area contributed by atoms with Gasteiger partial charge < -0.3 is 15.7 Å². The Morgan fingerprint density at radius 2 is 2.17 bits per heavy atom. The summed E-state index contributed by atoms with van der Waals surface area (Å²) >= 11 is 0. The predicted octanol–water partition coefficient (Wildman–Crippen LogP) is -0.300. The summed E-state index contributed by atoms with van der Waals surface area (Å²) in [5, 5.41) is 15.4. The normalized spacial score (nSPS) is 28.2. The molecule has 0 aromatic rings. The first-order valence-electron chi connectivity index (χ1n) is 7.10. The molecular formula is C13H25N3O2. The van der Waals surface area contributed by atoms with E-state index in [0.717, 1.165) is 45.3 Å². The molecule has 5 heteroatoms. The van der Waals surface area contributed by atoms with E-state index in [-0.39, 0.29) is 11.9 Å². The highest BCUT2D eigenvalue weighted by Gasteiger charge is 2.35. The standard InChI is InChI=1S/C13H25N3O2/c1-10(17)9-15-13(18)12-3-2-8-16(12)11-4-6-14-7-5-11/h10-12,14,17H,2-9H2,1H3,(H,15,18)/t10-,12?/m1/s1. The number of hydrogen-bond acceptors (Lipinski definition) is 4. The maximum Gasteiger partial charge on any atom is 0.237 e. The molecule has 0 spiro atoms. The maximum atomic E-state index is 12.1. The maximum absolute atomic E-state index is 12.1. The Hall–Kier alpha value is -0.650. The highest BCUT2D eigenvalue weighted by Crippen LogP contribution is 2.24. The van der Waals surface area contributed by atoms with Gasteiger partial charge >= 0.3 is 0 Å². The number of aliphatic hydroxyl groups is 1. The van der Waals surface area contributed by atoms with E-state index in [1.165, 1.54) is 0 Å². The van der Waals surface area contributed by atoms with Gasteiger partial charge in [-0.05, 0) is 52.2 Å². The summed E-state index contributed by atoms with van der Waals surface area (Å²) in [6.07, 6.45) is 3.87. The Bertz CT molecular complexity index is 277. The van der Waals surface area contributed by atoms with Gasteiger partial charge in [-0.15, -0.1) is 0 Å². The van der Waals surface area contributed by atoms with E-state index in [1.54, 1.807) is 6.92 Å². The third kappa shape index (κ3) is 3.43. The Balaban J connectivity index is 1.87. The van der Waals surface area contributed by atoms with Crippen molar-refractivity contribution in [3.05, 3.63) is 0 Å².